The lowest BCUT2D eigenvalue weighted by molar-refractivity contribution is -0.119. The molecule has 2 aliphatic rings. The summed E-state index contributed by atoms with van der Waals surface area (Å²) in [6, 6.07) is 10.2. The first-order valence-corrected chi connectivity index (χ1v) is 10.9. The number of aliphatic hydroxyl groups excluding tert-OH is 1. The molecule has 162 valence electrons. The molecule has 8 heteroatoms. The van der Waals surface area contributed by atoms with Crippen LogP contribution in [0.1, 0.15) is 50.7 Å². The van der Waals surface area contributed by atoms with E-state index in [4.69, 9.17) is 0 Å². The molecule has 4 N–H and O–H groups in total. The molecule has 0 saturated heterocycles. The number of carbonyl (C=O) groups is 1. The lowest BCUT2D eigenvalue weighted by Crippen LogP contribution is -2.29. The molecule has 0 unspecified atom stereocenters. The smallest absolute Gasteiger partial charge is 0.247 e. The van der Waals surface area contributed by atoms with Crippen LogP contribution in [-0.2, 0) is 10.2 Å². The molecule has 0 spiro atoms. The van der Waals surface area contributed by atoms with Gasteiger partial charge in [-0.1, -0.05) is 6.07 Å². The number of pyridine rings is 1. The third-order valence-electron chi connectivity index (χ3n) is 6.44. The first-order valence-electron chi connectivity index (χ1n) is 10.9. The van der Waals surface area contributed by atoms with Crippen molar-refractivity contribution < 1.29 is 9.90 Å². The van der Waals surface area contributed by atoms with Gasteiger partial charge in [-0.05, 0) is 81.8 Å². The topological polar surface area (TPSA) is 104 Å². The van der Waals surface area contributed by atoms with Crippen molar-refractivity contribution in [2.75, 3.05) is 16.0 Å². The van der Waals surface area contributed by atoms with Crippen molar-refractivity contribution in [1.82, 2.24) is 14.6 Å². The Bertz CT molecular complexity index is 1160. The molecule has 1 aliphatic carbocycles. The van der Waals surface area contributed by atoms with Crippen LogP contribution in [0.25, 0.3) is 5.65 Å². The highest BCUT2D eigenvalue weighted by Gasteiger charge is 2.39. The van der Waals surface area contributed by atoms with E-state index in [9.17, 15) is 9.90 Å². The van der Waals surface area contributed by atoms with Crippen molar-refractivity contribution >= 4 is 34.7 Å². The largest absolute Gasteiger partial charge is 0.393 e. The van der Waals surface area contributed by atoms with Crippen LogP contribution in [0, 0.1) is 6.92 Å². The molecule has 1 saturated carbocycles. The van der Waals surface area contributed by atoms with Crippen LogP contribution in [-0.4, -0.2) is 37.8 Å². The van der Waals surface area contributed by atoms with Gasteiger partial charge in [0.15, 0.2) is 5.65 Å². The van der Waals surface area contributed by atoms with Gasteiger partial charge in [0, 0.05) is 17.4 Å². The molecule has 1 aromatic carbocycles. The standard InChI is InChI=1S/C23H28N6O2/c1-13-11-15(12-17-20(13)23(2,3)21(31)26-17)25-22-27-19-6-4-5-18(29(19)28-22)24-14-7-9-16(30)10-8-14/h4-6,11-12,14,16,24,30H,7-10H2,1-3H3,(H,25,28)(H,26,31)/t14-,16+. The minimum Gasteiger partial charge on any atom is -0.393 e. The third-order valence-corrected chi connectivity index (χ3v) is 6.44. The van der Waals surface area contributed by atoms with Gasteiger partial charge in [0.2, 0.25) is 11.9 Å². The fraction of sp³-hybridized carbons (Fsp3) is 0.435. The van der Waals surface area contributed by atoms with Crippen LogP contribution in [0.5, 0.6) is 0 Å². The van der Waals surface area contributed by atoms with Crippen LogP contribution in [0.2, 0.25) is 0 Å². The minimum atomic E-state index is -0.533. The number of nitrogens with zero attached hydrogens (tertiary/aromatic N) is 3. The number of amides is 1. The normalized spacial score (nSPS) is 22.3. The summed E-state index contributed by atoms with van der Waals surface area (Å²) in [6.07, 6.45) is 3.34. The number of fused-ring (bicyclic) bond motifs is 2. The van der Waals surface area contributed by atoms with E-state index in [-0.39, 0.29) is 12.0 Å². The number of aliphatic hydroxyl groups is 1. The van der Waals surface area contributed by atoms with Crippen molar-refractivity contribution in [2.45, 2.75) is 64.0 Å². The average molecular weight is 421 g/mol. The van der Waals surface area contributed by atoms with E-state index in [2.05, 4.69) is 26.0 Å². The Morgan fingerprint density at radius 3 is 2.74 bits per heavy atom. The van der Waals surface area contributed by atoms with Crippen molar-refractivity contribution in [2.24, 2.45) is 0 Å². The van der Waals surface area contributed by atoms with Gasteiger partial charge < -0.3 is 21.1 Å². The van der Waals surface area contributed by atoms with Crippen molar-refractivity contribution in [3.63, 3.8) is 0 Å². The van der Waals surface area contributed by atoms with E-state index in [1.807, 2.05) is 51.1 Å². The second-order valence-electron chi connectivity index (χ2n) is 9.19. The summed E-state index contributed by atoms with van der Waals surface area (Å²) >= 11 is 0. The summed E-state index contributed by atoms with van der Waals surface area (Å²) in [4.78, 5) is 16.9. The van der Waals surface area contributed by atoms with Gasteiger partial charge in [-0.15, -0.1) is 5.10 Å². The lowest BCUT2D eigenvalue weighted by Gasteiger charge is -2.26. The van der Waals surface area contributed by atoms with Gasteiger partial charge in [-0.3, -0.25) is 4.79 Å². The molecule has 1 aliphatic heterocycles. The molecule has 3 aromatic rings. The summed E-state index contributed by atoms with van der Waals surface area (Å²) < 4.78 is 1.80. The molecular formula is C23H28N6O2. The first-order chi connectivity index (χ1) is 14.8. The van der Waals surface area contributed by atoms with E-state index in [1.165, 1.54) is 0 Å². The molecule has 3 heterocycles. The maximum atomic E-state index is 12.3. The monoisotopic (exact) mass is 420 g/mol. The number of aryl methyl sites for hydroxylation is 1. The molecule has 5 rings (SSSR count). The second kappa shape index (κ2) is 7.23. The molecule has 1 fully saturated rings. The number of benzene rings is 1. The Morgan fingerprint density at radius 2 is 1.97 bits per heavy atom. The van der Waals surface area contributed by atoms with E-state index >= 15 is 0 Å². The molecule has 2 aromatic heterocycles. The highest BCUT2D eigenvalue weighted by molar-refractivity contribution is 6.06. The maximum absolute atomic E-state index is 12.3. The van der Waals surface area contributed by atoms with Gasteiger partial charge in [0.05, 0.1) is 11.5 Å². The van der Waals surface area contributed by atoms with Gasteiger partial charge in [0.1, 0.15) is 5.82 Å². The summed E-state index contributed by atoms with van der Waals surface area (Å²) in [7, 11) is 0. The Kier molecular flexibility index (Phi) is 4.62. The fourth-order valence-corrected chi connectivity index (χ4v) is 4.81. The SMILES string of the molecule is Cc1cc(Nc2nc3cccc(N[C@H]4CC[C@@H](O)CC4)n3n2)cc2c1C(C)(C)C(=O)N2. The Hall–Kier alpha value is -3.13. The first kappa shape index (κ1) is 19.8. The summed E-state index contributed by atoms with van der Waals surface area (Å²) in [5, 5.41) is 24.2. The number of hydrogen-bond donors (Lipinski definition) is 4. The number of rotatable bonds is 4. The van der Waals surface area contributed by atoms with Crippen molar-refractivity contribution in [3.05, 3.63) is 41.5 Å². The fourth-order valence-electron chi connectivity index (χ4n) is 4.81. The number of carbonyl (C=O) groups excluding carboxylic acids is 1. The zero-order valence-electron chi connectivity index (χ0n) is 18.1. The van der Waals surface area contributed by atoms with Gasteiger partial charge in [-0.2, -0.15) is 9.50 Å². The Morgan fingerprint density at radius 1 is 1.19 bits per heavy atom. The van der Waals surface area contributed by atoms with Crippen LogP contribution < -0.4 is 16.0 Å². The Labute approximate surface area is 181 Å². The van der Waals surface area contributed by atoms with Gasteiger partial charge in [-0.25, -0.2) is 0 Å². The summed E-state index contributed by atoms with van der Waals surface area (Å²) in [5.74, 6) is 1.40. The van der Waals surface area contributed by atoms with Crippen LogP contribution in [0.15, 0.2) is 30.3 Å². The minimum absolute atomic E-state index is 0.0135. The molecular weight excluding hydrogens is 392 g/mol. The second-order valence-corrected chi connectivity index (χ2v) is 9.19. The molecule has 31 heavy (non-hydrogen) atoms. The van der Waals surface area contributed by atoms with Gasteiger partial charge in [0.25, 0.3) is 0 Å². The number of nitrogens with one attached hydrogen (secondary N) is 3. The van der Waals surface area contributed by atoms with Crippen LogP contribution in [0.4, 0.5) is 23.1 Å². The summed E-state index contributed by atoms with van der Waals surface area (Å²) in [5.41, 5.74) is 3.97. The van der Waals surface area contributed by atoms with Gasteiger partial charge >= 0.3 is 0 Å². The van der Waals surface area contributed by atoms with E-state index in [1.54, 1.807) is 4.52 Å². The average Bonchev–Trinajstić information content (AvgIpc) is 3.22. The predicted octanol–water partition coefficient (Wildman–Crippen LogP) is 3.73. The molecule has 0 radical (unpaired) electrons. The third kappa shape index (κ3) is 3.50. The molecule has 8 nitrogen and oxygen atoms in total. The summed E-state index contributed by atoms with van der Waals surface area (Å²) in [6.45, 7) is 5.91. The van der Waals surface area contributed by atoms with Crippen LogP contribution >= 0.6 is 0 Å². The van der Waals surface area contributed by atoms with E-state index in [0.717, 1.165) is 59.7 Å². The quantitative estimate of drug-likeness (QED) is 0.513. The number of hydrogen-bond acceptors (Lipinski definition) is 6. The van der Waals surface area contributed by atoms with Crippen molar-refractivity contribution in [3.8, 4) is 0 Å². The number of anilines is 4. The molecule has 1 amide bonds. The highest BCUT2D eigenvalue weighted by atomic mass is 16.3. The zero-order chi connectivity index (χ0) is 21.8. The van der Waals surface area contributed by atoms with Crippen LogP contribution in [0.3, 0.4) is 0 Å². The van der Waals surface area contributed by atoms with Crippen molar-refractivity contribution in [1.29, 1.82) is 0 Å². The maximum Gasteiger partial charge on any atom is 0.247 e. The lowest BCUT2D eigenvalue weighted by atomic mass is 9.83. The molecule has 0 bridgehead atoms. The van der Waals surface area contributed by atoms with E-state index < -0.39 is 5.41 Å². The van der Waals surface area contributed by atoms with E-state index in [0.29, 0.717) is 12.0 Å². The molecule has 0 atom stereocenters. The zero-order valence-corrected chi connectivity index (χ0v) is 18.1. The highest BCUT2D eigenvalue weighted by Crippen LogP contribution is 2.41. The Balaban J connectivity index is 1.40. The number of aromatic nitrogens is 3. The predicted molar refractivity (Wildman–Crippen MR) is 121 cm³/mol.